The molecule has 2 aromatic heterocycles. The molecule has 4 aromatic rings. The molecule has 0 saturated carbocycles. The van der Waals surface area contributed by atoms with Crippen LogP contribution < -0.4 is 0 Å². The molecule has 152 valence electrons. The number of nitrogens with one attached hydrogen (secondary N) is 1. The quantitative estimate of drug-likeness (QED) is 0.527. The molecule has 1 fully saturated rings. The number of benzene rings is 2. The lowest BCUT2D eigenvalue weighted by atomic mass is 9.97. The number of hydrogen-bond acceptors (Lipinski definition) is 3. The lowest BCUT2D eigenvalue weighted by Gasteiger charge is -2.31. The summed E-state index contributed by atoms with van der Waals surface area (Å²) in [6, 6.07) is 16.3. The number of para-hydroxylation sites is 1. The van der Waals surface area contributed by atoms with E-state index in [9.17, 15) is 9.18 Å². The molecule has 0 bridgehead atoms. The lowest BCUT2D eigenvalue weighted by molar-refractivity contribution is 0.0693. The van der Waals surface area contributed by atoms with Crippen LogP contribution in [0.2, 0.25) is 0 Å². The van der Waals surface area contributed by atoms with Crippen LogP contribution in [-0.4, -0.2) is 33.9 Å². The summed E-state index contributed by atoms with van der Waals surface area (Å²) >= 11 is 0. The van der Waals surface area contributed by atoms with Gasteiger partial charge in [-0.15, -0.1) is 0 Å². The van der Waals surface area contributed by atoms with Gasteiger partial charge in [0.25, 0.3) is 5.91 Å². The second-order valence-corrected chi connectivity index (χ2v) is 7.83. The topological polar surface area (TPSA) is 62.1 Å². The van der Waals surface area contributed by atoms with Gasteiger partial charge in [-0.3, -0.25) is 4.79 Å². The standard InChI is InChI=1S/C24H22FN3O2/c25-19-8-3-5-16(11-19)12-20-14-26-23(30-20)18-7-4-10-28(15-18)24(29)22-13-17-6-1-2-9-21(17)27-22/h1-3,5-6,8-9,11,13-14,18,27H,4,7,10,12,15H2. The first kappa shape index (κ1) is 18.6. The Morgan fingerprint density at radius 2 is 2.10 bits per heavy atom. The predicted molar refractivity (Wildman–Crippen MR) is 112 cm³/mol. The number of rotatable bonds is 4. The Labute approximate surface area is 173 Å². The third-order valence-corrected chi connectivity index (χ3v) is 5.66. The smallest absolute Gasteiger partial charge is 0.270 e. The molecular formula is C24H22FN3O2. The zero-order valence-electron chi connectivity index (χ0n) is 16.5. The molecule has 1 amide bonds. The van der Waals surface area contributed by atoms with Crippen molar-refractivity contribution in [1.29, 1.82) is 0 Å². The van der Waals surface area contributed by atoms with E-state index in [2.05, 4.69) is 9.97 Å². The van der Waals surface area contributed by atoms with Crippen molar-refractivity contribution in [2.45, 2.75) is 25.2 Å². The zero-order valence-corrected chi connectivity index (χ0v) is 16.5. The second-order valence-electron chi connectivity index (χ2n) is 7.83. The van der Waals surface area contributed by atoms with Gasteiger partial charge in [-0.2, -0.15) is 0 Å². The average Bonchev–Trinajstić information content (AvgIpc) is 3.40. The maximum atomic E-state index is 13.4. The number of halogens is 1. The number of nitrogens with zero attached hydrogens (tertiary/aromatic N) is 2. The van der Waals surface area contributed by atoms with Crippen LogP contribution in [0.15, 0.2) is 65.2 Å². The van der Waals surface area contributed by atoms with Crippen molar-refractivity contribution in [3.63, 3.8) is 0 Å². The predicted octanol–water partition coefficient (Wildman–Crippen LogP) is 4.91. The van der Waals surface area contributed by atoms with Crippen molar-refractivity contribution in [3.05, 3.63) is 89.5 Å². The molecule has 1 saturated heterocycles. The van der Waals surface area contributed by atoms with Crippen molar-refractivity contribution < 1.29 is 13.6 Å². The van der Waals surface area contributed by atoms with E-state index in [0.717, 1.165) is 35.9 Å². The number of aromatic nitrogens is 2. The summed E-state index contributed by atoms with van der Waals surface area (Å²) in [5, 5.41) is 1.03. The highest BCUT2D eigenvalue weighted by Gasteiger charge is 2.29. The van der Waals surface area contributed by atoms with Crippen LogP contribution in [-0.2, 0) is 6.42 Å². The highest BCUT2D eigenvalue weighted by atomic mass is 19.1. The van der Waals surface area contributed by atoms with E-state index in [4.69, 9.17) is 4.42 Å². The average molecular weight is 403 g/mol. The van der Waals surface area contributed by atoms with Gasteiger partial charge in [0.05, 0.1) is 12.1 Å². The van der Waals surface area contributed by atoms with Crippen LogP contribution in [0.3, 0.4) is 0 Å². The number of amides is 1. The number of oxazole rings is 1. The molecule has 0 aliphatic carbocycles. The lowest BCUT2D eigenvalue weighted by Crippen LogP contribution is -2.39. The van der Waals surface area contributed by atoms with Gasteiger partial charge in [0.15, 0.2) is 5.89 Å². The van der Waals surface area contributed by atoms with E-state index in [1.54, 1.807) is 12.3 Å². The van der Waals surface area contributed by atoms with Crippen LogP contribution >= 0.6 is 0 Å². The monoisotopic (exact) mass is 403 g/mol. The third kappa shape index (κ3) is 3.73. The fraction of sp³-hybridized carbons (Fsp3) is 0.250. The molecule has 3 heterocycles. The Bertz CT molecular complexity index is 1160. The molecule has 0 spiro atoms. The van der Waals surface area contributed by atoms with Gasteiger partial charge in [-0.1, -0.05) is 30.3 Å². The summed E-state index contributed by atoms with van der Waals surface area (Å²) in [5.41, 5.74) is 2.41. The van der Waals surface area contributed by atoms with E-state index in [0.29, 0.717) is 30.3 Å². The summed E-state index contributed by atoms with van der Waals surface area (Å²) in [6.45, 7) is 1.30. The number of H-pyrrole nitrogens is 1. The van der Waals surface area contributed by atoms with Crippen molar-refractivity contribution >= 4 is 16.8 Å². The highest BCUT2D eigenvalue weighted by Crippen LogP contribution is 2.28. The minimum Gasteiger partial charge on any atom is -0.445 e. The molecule has 5 rings (SSSR count). The SMILES string of the molecule is O=C(c1cc2ccccc2[nH]1)N1CCCC(c2ncc(Cc3cccc(F)c3)o2)C1. The molecule has 2 aromatic carbocycles. The normalized spacial score (nSPS) is 16.8. The maximum Gasteiger partial charge on any atom is 0.270 e. The molecule has 1 unspecified atom stereocenters. The van der Waals surface area contributed by atoms with Gasteiger partial charge >= 0.3 is 0 Å². The zero-order chi connectivity index (χ0) is 20.5. The van der Waals surface area contributed by atoms with Gasteiger partial charge in [-0.05, 0) is 42.7 Å². The minimum atomic E-state index is -0.259. The number of likely N-dealkylation sites (tertiary alicyclic amines) is 1. The van der Waals surface area contributed by atoms with Gasteiger partial charge in [-0.25, -0.2) is 9.37 Å². The molecule has 5 nitrogen and oxygen atoms in total. The molecular weight excluding hydrogens is 381 g/mol. The van der Waals surface area contributed by atoms with Crippen LogP contribution in [0.1, 0.15) is 46.5 Å². The molecule has 6 heteroatoms. The molecule has 0 radical (unpaired) electrons. The first-order valence-corrected chi connectivity index (χ1v) is 10.2. The number of piperidine rings is 1. The minimum absolute atomic E-state index is 0.00226. The van der Waals surface area contributed by atoms with Gasteiger partial charge in [0, 0.05) is 30.4 Å². The Morgan fingerprint density at radius 3 is 2.97 bits per heavy atom. The van der Waals surface area contributed by atoms with E-state index >= 15 is 0 Å². The van der Waals surface area contributed by atoms with E-state index in [1.165, 1.54) is 12.1 Å². The summed E-state index contributed by atoms with van der Waals surface area (Å²) in [6.07, 6.45) is 4.03. The Hall–Kier alpha value is -3.41. The Kier molecular flexibility index (Phi) is 4.83. The van der Waals surface area contributed by atoms with Gasteiger partial charge in [0.2, 0.25) is 0 Å². The van der Waals surface area contributed by atoms with Crippen molar-refractivity contribution in [2.24, 2.45) is 0 Å². The van der Waals surface area contributed by atoms with E-state index in [1.807, 2.05) is 41.3 Å². The fourth-order valence-electron chi connectivity index (χ4n) is 4.16. The Morgan fingerprint density at radius 1 is 1.20 bits per heavy atom. The number of hydrogen-bond donors (Lipinski definition) is 1. The number of carbonyl (C=O) groups is 1. The first-order valence-electron chi connectivity index (χ1n) is 10.2. The molecule has 1 N–H and O–H groups in total. The van der Waals surface area contributed by atoms with Crippen LogP contribution in [0.25, 0.3) is 10.9 Å². The van der Waals surface area contributed by atoms with Crippen LogP contribution in [0, 0.1) is 5.82 Å². The Balaban J connectivity index is 1.29. The van der Waals surface area contributed by atoms with Crippen LogP contribution in [0.5, 0.6) is 0 Å². The number of aromatic amines is 1. The van der Waals surface area contributed by atoms with Crippen LogP contribution in [0.4, 0.5) is 4.39 Å². The van der Waals surface area contributed by atoms with Crippen molar-refractivity contribution in [2.75, 3.05) is 13.1 Å². The summed E-state index contributed by atoms with van der Waals surface area (Å²) in [5.74, 6) is 1.16. The number of carbonyl (C=O) groups excluding carboxylic acids is 1. The highest BCUT2D eigenvalue weighted by molar-refractivity contribution is 5.98. The van der Waals surface area contributed by atoms with Crippen molar-refractivity contribution in [1.82, 2.24) is 14.9 Å². The molecule has 1 aliphatic heterocycles. The summed E-state index contributed by atoms with van der Waals surface area (Å²) < 4.78 is 19.4. The molecule has 30 heavy (non-hydrogen) atoms. The van der Waals surface area contributed by atoms with Crippen molar-refractivity contribution in [3.8, 4) is 0 Å². The fourth-order valence-corrected chi connectivity index (χ4v) is 4.16. The maximum absolute atomic E-state index is 13.4. The number of fused-ring (bicyclic) bond motifs is 1. The van der Waals surface area contributed by atoms with Gasteiger partial charge < -0.3 is 14.3 Å². The molecule has 1 atom stereocenters. The largest absolute Gasteiger partial charge is 0.445 e. The third-order valence-electron chi connectivity index (χ3n) is 5.66. The molecule has 1 aliphatic rings. The van der Waals surface area contributed by atoms with E-state index < -0.39 is 0 Å². The second kappa shape index (κ2) is 7.78. The first-order chi connectivity index (χ1) is 14.7. The summed E-state index contributed by atoms with van der Waals surface area (Å²) in [4.78, 5) is 22.6. The van der Waals surface area contributed by atoms with E-state index in [-0.39, 0.29) is 17.6 Å². The van der Waals surface area contributed by atoms with Gasteiger partial charge in [0.1, 0.15) is 17.3 Å². The summed E-state index contributed by atoms with van der Waals surface area (Å²) in [7, 11) is 0.